The summed E-state index contributed by atoms with van der Waals surface area (Å²) in [6, 6.07) is 13.7. The maximum absolute atomic E-state index is 12.3. The lowest BCUT2D eigenvalue weighted by Crippen LogP contribution is -2.47. The fourth-order valence-corrected chi connectivity index (χ4v) is 2.35. The Labute approximate surface area is 158 Å². The lowest BCUT2D eigenvalue weighted by Gasteiger charge is -2.18. The molecule has 2 rings (SSSR count). The SMILES string of the molecule is CCC(Oc1cccc(C)c1)C(=O)NNC(=O)c1ccc(NC(C)=O)cc1. The lowest BCUT2D eigenvalue weighted by molar-refractivity contribution is -0.128. The first-order valence-electron chi connectivity index (χ1n) is 8.60. The number of aryl methyl sites for hydroxylation is 1. The fourth-order valence-electron chi connectivity index (χ4n) is 2.35. The third-order valence-corrected chi connectivity index (χ3v) is 3.70. The Balaban J connectivity index is 1.90. The first-order chi connectivity index (χ1) is 12.9. The molecule has 0 heterocycles. The highest BCUT2D eigenvalue weighted by Gasteiger charge is 2.19. The van der Waals surface area contributed by atoms with Crippen LogP contribution in [0.3, 0.4) is 0 Å². The molecule has 142 valence electrons. The number of carbonyl (C=O) groups is 3. The molecule has 7 heteroatoms. The van der Waals surface area contributed by atoms with Crippen LogP contribution in [0.1, 0.15) is 36.2 Å². The summed E-state index contributed by atoms with van der Waals surface area (Å²) in [6.07, 6.45) is -0.282. The van der Waals surface area contributed by atoms with Crippen LogP contribution in [0.5, 0.6) is 5.75 Å². The summed E-state index contributed by atoms with van der Waals surface area (Å²) in [5, 5.41) is 2.61. The van der Waals surface area contributed by atoms with Gasteiger partial charge in [0.1, 0.15) is 5.75 Å². The molecule has 0 saturated carbocycles. The lowest BCUT2D eigenvalue weighted by atomic mass is 10.2. The molecule has 0 fully saturated rings. The number of ether oxygens (including phenoxy) is 1. The molecule has 0 bridgehead atoms. The Morgan fingerprint density at radius 2 is 1.74 bits per heavy atom. The van der Waals surface area contributed by atoms with Gasteiger partial charge >= 0.3 is 0 Å². The number of hydrogen-bond donors (Lipinski definition) is 3. The van der Waals surface area contributed by atoms with E-state index in [1.54, 1.807) is 30.3 Å². The average molecular weight is 369 g/mol. The Bertz CT molecular complexity index is 818. The van der Waals surface area contributed by atoms with Gasteiger partial charge in [0.15, 0.2) is 6.10 Å². The number of anilines is 1. The highest BCUT2D eigenvalue weighted by Crippen LogP contribution is 2.15. The van der Waals surface area contributed by atoms with Crippen LogP contribution < -0.4 is 20.9 Å². The van der Waals surface area contributed by atoms with Crippen molar-refractivity contribution in [2.24, 2.45) is 0 Å². The van der Waals surface area contributed by atoms with Crippen molar-refractivity contribution in [2.45, 2.75) is 33.3 Å². The molecule has 0 aliphatic rings. The molecule has 2 aromatic carbocycles. The number of amides is 3. The summed E-state index contributed by atoms with van der Waals surface area (Å²) in [6.45, 7) is 5.16. The van der Waals surface area contributed by atoms with Crippen LogP contribution in [0.4, 0.5) is 5.69 Å². The van der Waals surface area contributed by atoms with Gasteiger partial charge in [-0.1, -0.05) is 19.1 Å². The van der Waals surface area contributed by atoms with E-state index in [1.807, 2.05) is 32.0 Å². The van der Waals surface area contributed by atoms with Crippen LogP contribution in [0.2, 0.25) is 0 Å². The largest absolute Gasteiger partial charge is 0.481 e. The van der Waals surface area contributed by atoms with E-state index in [9.17, 15) is 14.4 Å². The Hall–Kier alpha value is -3.35. The number of rotatable bonds is 6. The van der Waals surface area contributed by atoms with E-state index in [2.05, 4.69) is 16.2 Å². The van der Waals surface area contributed by atoms with Crippen LogP contribution in [-0.2, 0) is 9.59 Å². The monoisotopic (exact) mass is 369 g/mol. The summed E-state index contributed by atoms with van der Waals surface area (Å²) in [5.74, 6) is -0.513. The van der Waals surface area contributed by atoms with Gasteiger partial charge in [-0.05, 0) is 55.3 Å². The van der Waals surface area contributed by atoms with Crippen molar-refractivity contribution in [1.29, 1.82) is 0 Å². The van der Waals surface area contributed by atoms with Crippen molar-refractivity contribution in [3.63, 3.8) is 0 Å². The second-order valence-electron chi connectivity index (χ2n) is 6.03. The molecule has 0 saturated heterocycles. The Kier molecular flexibility index (Phi) is 6.93. The van der Waals surface area contributed by atoms with Gasteiger partial charge in [-0.3, -0.25) is 25.2 Å². The van der Waals surface area contributed by atoms with E-state index in [1.165, 1.54) is 6.92 Å². The van der Waals surface area contributed by atoms with Crippen LogP contribution in [-0.4, -0.2) is 23.8 Å². The zero-order chi connectivity index (χ0) is 19.8. The van der Waals surface area contributed by atoms with Crippen LogP contribution >= 0.6 is 0 Å². The molecule has 3 amide bonds. The van der Waals surface area contributed by atoms with Gasteiger partial charge in [0.25, 0.3) is 11.8 Å². The van der Waals surface area contributed by atoms with Crippen molar-refractivity contribution in [3.05, 3.63) is 59.7 Å². The summed E-state index contributed by atoms with van der Waals surface area (Å²) >= 11 is 0. The van der Waals surface area contributed by atoms with E-state index in [0.29, 0.717) is 23.4 Å². The molecule has 0 spiro atoms. The van der Waals surface area contributed by atoms with Crippen molar-refractivity contribution < 1.29 is 19.1 Å². The number of hydrogen-bond acceptors (Lipinski definition) is 4. The van der Waals surface area contributed by atoms with Crippen molar-refractivity contribution >= 4 is 23.4 Å². The zero-order valence-corrected chi connectivity index (χ0v) is 15.5. The number of nitrogens with one attached hydrogen (secondary N) is 3. The highest BCUT2D eigenvalue weighted by atomic mass is 16.5. The first-order valence-corrected chi connectivity index (χ1v) is 8.60. The standard InChI is InChI=1S/C20H23N3O4/c1-4-18(27-17-7-5-6-13(2)12-17)20(26)23-22-19(25)15-8-10-16(11-9-15)21-14(3)24/h5-12,18H,4H2,1-3H3,(H,21,24)(H,22,25)(H,23,26). The second kappa shape index (κ2) is 9.38. The minimum atomic E-state index is -0.728. The van der Waals surface area contributed by atoms with E-state index >= 15 is 0 Å². The summed E-state index contributed by atoms with van der Waals surface area (Å²) in [5.41, 5.74) is 6.70. The molecule has 0 aliphatic carbocycles. The Morgan fingerprint density at radius 1 is 1.04 bits per heavy atom. The zero-order valence-electron chi connectivity index (χ0n) is 15.5. The normalized spacial score (nSPS) is 11.2. The van der Waals surface area contributed by atoms with E-state index in [-0.39, 0.29) is 5.91 Å². The molecule has 2 aromatic rings. The molecule has 27 heavy (non-hydrogen) atoms. The Morgan fingerprint density at radius 3 is 2.33 bits per heavy atom. The molecule has 1 unspecified atom stereocenters. The van der Waals surface area contributed by atoms with Gasteiger partial charge < -0.3 is 10.1 Å². The van der Waals surface area contributed by atoms with Crippen LogP contribution in [0.15, 0.2) is 48.5 Å². The molecule has 7 nitrogen and oxygen atoms in total. The third-order valence-electron chi connectivity index (χ3n) is 3.70. The van der Waals surface area contributed by atoms with Gasteiger partial charge in [-0.25, -0.2) is 0 Å². The minimum absolute atomic E-state index is 0.196. The fraction of sp³-hybridized carbons (Fsp3) is 0.250. The number of hydrazine groups is 1. The van der Waals surface area contributed by atoms with E-state index < -0.39 is 17.9 Å². The molecule has 0 aliphatic heterocycles. The van der Waals surface area contributed by atoms with E-state index in [0.717, 1.165) is 5.56 Å². The first kappa shape index (κ1) is 20.0. The second-order valence-corrected chi connectivity index (χ2v) is 6.03. The topological polar surface area (TPSA) is 96.5 Å². The maximum atomic E-state index is 12.3. The maximum Gasteiger partial charge on any atom is 0.279 e. The number of benzene rings is 2. The molecule has 0 aromatic heterocycles. The smallest absolute Gasteiger partial charge is 0.279 e. The predicted octanol–water partition coefficient (Wildman–Crippen LogP) is 2.57. The minimum Gasteiger partial charge on any atom is -0.481 e. The van der Waals surface area contributed by atoms with Crippen LogP contribution in [0.25, 0.3) is 0 Å². The molecule has 3 N–H and O–H groups in total. The molecule has 1 atom stereocenters. The van der Waals surface area contributed by atoms with Gasteiger partial charge in [-0.2, -0.15) is 0 Å². The van der Waals surface area contributed by atoms with Crippen molar-refractivity contribution in [2.75, 3.05) is 5.32 Å². The number of carbonyl (C=O) groups excluding carboxylic acids is 3. The van der Waals surface area contributed by atoms with Crippen LogP contribution in [0, 0.1) is 6.92 Å². The average Bonchev–Trinajstić information content (AvgIpc) is 2.64. The third kappa shape index (κ3) is 6.14. The summed E-state index contributed by atoms with van der Waals surface area (Å²) in [7, 11) is 0. The summed E-state index contributed by atoms with van der Waals surface area (Å²) in [4.78, 5) is 35.4. The van der Waals surface area contributed by atoms with Crippen molar-refractivity contribution in [3.8, 4) is 5.75 Å². The quantitative estimate of drug-likeness (QED) is 0.682. The highest BCUT2D eigenvalue weighted by molar-refractivity contribution is 5.96. The predicted molar refractivity (Wildman–Crippen MR) is 102 cm³/mol. The molecular formula is C20H23N3O4. The van der Waals surface area contributed by atoms with E-state index in [4.69, 9.17) is 4.74 Å². The van der Waals surface area contributed by atoms with Gasteiger partial charge in [-0.15, -0.1) is 0 Å². The van der Waals surface area contributed by atoms with Gasteiger partial charge in [0.2, 0.25) is 5.91 Å². The molecular weight excluding hydrogens is 346 g/mol. The summed E-state index contributed by atoms with van der Waals surface area (Å²) < 4.78 is 5.69. The van der Waals surface area contributed by atoms with Gasteiger partial charge in [0.05, 0.1) is 0 Å². The molecule has 0 radical (unpaired) electrons. The van der Waals surface area contributed by atoms with Crippen molar-refractivity contribution in [1.82, 2.24) is 10.9 Å². The van der Waals surface area contributed by atoms with Gasteiger partial charge in [0, 0.05) is 18.2 Å².